The Morgan fingerprint density at radius 1 is 0.341 bits per heavy atom. The molecule has 0 bridgehead atoms. The number of hydrogen-bond acceptors (Lipinski definition) is 10. The summed E-state index contributed by atoms with van der Waals surface area (Å²) in [4.78, 5) is 26.3. The number of amidine groups is 3. The third-order valence-electron chi connectivity index (χ3n) is 16.4. The van der Waals surface area contributed by atoms with E-state index in [4.69, 9.17) is 34.6 Å². The molecule has 85 heavy (non-hydrogen) atoms. The first-order valence-corrected chi connectivity index (χ1v) is 28.4. The summed E-state index contributed by atoms with van der Waals surface area (Å²) in [5.41, 5.74) is 21.6. The van der Waals surface area contributed by atoms with E-state index < -0.39 is 0 Å². The van der Waals surface area contributed by atoms with Crippen molar-refractivity contribution >= 4 is 97.8 Å². The molecule has 0 fully saturated rings. The molecule has 0 saturated carbocycles. The van der Waals surface area contributed by atoms with Crippen LogP contribution in [0.1, 0.15) is 16.7 Å². The van der Waals surface area contributed by atoms with E-state index >= 15 is 0 Å². The lowest BCUT2D eigenvalue weighted by atomic mass is 9.35. The molecular formula is C73H46BN10O+. The van der Waals surface area contributed by atoms with Crippen LogP contribution >= 0.6 is 0 Å². The number of nitrogens with zero attached hydrogens (tertiary/aromatic N) is 10. The lowest BCUT2D eigenvalue weighted by Gasteiger charge is -2.43. The number of hydrazone groups is 1. The summed E-state index contributed by atoms with van der Waals surface area (Å²) < 4.78 is 7.29. The Labute approximate surface area is 489 Å². The highest BCUT2D eigenvalue weighted by molar-refractivity contribution is 7.00. The first-order valence-electron chi connectivity index (χ1n) is 28.4. The minimum absolute atomic E-state index is 0.274. The lowest BCUT2D eigenvalue weighted by molar-refractivity contribution is -0.705. The fourth-order valence-electron chi connectivity index (χ4n) is 12.4. The van der Waals surface area contributed by atoms with Crippen LogP contribution < -0.4 is 26.4 Å². The maximum Gasteiger partial charge on any atom is 0.302 e. The van der Waals surface area contributed by atoms with Crippen molar-refractivity contribution in [3.05, 3.63) is 296 Å². The monoisotopic (exact) mass is 1090 g/mol. The Balaban J connectivity index is 0.875. The van der Waals surface area contributed by atoms with Crippen molar-refractivity contribution < 1.29 is 9.33 Å². The fraction of sp³-hybridized carbons (Fsp3) is 0. The smallest absolute Gasteiger partial charge is 0.302 e. The van der Waals surface area contributed by atoms with Gasteiger partial charge in [-0.2, -0.15) is 20.0 Å². The number of rotatable bonds is 9. The molecule has 12 heteroatoms. The predicted molar refractivity (Wildman–Crippen MR) is 344 cm³/mol. The number of para-hydroxylation sites is 1. The van der Waals surface area contributed by atoms with Crippen molar-refractivity contribution in [1.82, 2.24) is 5.01 Å². The number of guanidine groups is 2. The Kier molecular flexibility index (Phi) is 11.1. The van der Waals surface area contributed by atoms with Gasteiger partial charge >= 0.3 is 11.9 Å². The van der Waals surface area contributed by atoms with E-state index in [1.807, 2.05) is 60.7 Å². The van der Waals surface area contributed by atoms with Gasteiger partial charge in [-0.3, -0.25) is 0 Å². The number of hydrogen-bond donors (Lipinski definition) is 0. The van der Waals surface area contributed by atoms with Crippen LogP contribution in [0.5, 0.6) is 0 Å². The number of furan rings is 1. The summed E-state index contributed by atoms with van der Waals surface area (Å²) in [6.07, 6.45) is 0. The number of aliphatic imine (C=N–C) groups is 4. The zero-order chi connectivity index (χ0) is 56.0. The SMILES string of the molecule is c1ccc(C2=NC3=NC(c4ccc(N5c6cc(-c7ccc(-c8ccccc8)cc7)cc7c6B(c6ccc(-c8ccccc8)cc6N7c6cccc(-c7ccccc7)c6)c6oc7ccccc7c65)cc4)=N[N+]4=NC(c5ccccc5)=NC(=N2)N34)cc1. The van der Waals surface area contributed by atoms with E-state index in [2.05, 4.69) is 228 Å². The molecule has 0 amide bonds. The Morgan fingerprint density at radius 2 is 0.812 bits per heavy atom. The Morgan fingerprint density at radius 3 is 1.47 bits per heavy atom. The number of hydrazine groups is 1. The minimum atomic E-state index is -0.274. The quantitative estimate of drug-likeness (QED) is 0.106. The standard InChI is InChI=1S/C73H46BN10O/c1-6-19-47(20-7-1)50-33-35-51(36-34-50)57-45-63-66-64(46-57)82(58-40-37-54(38-41-58)71-78-73-76-69(52-25-12-4-13-26-52)75-72-77-70(53-27-14-5-15-28-53)79-84(80-71)83(72)73)67-60-31-16-17-32-65(60)85-68(67)74(66)61-42-39-56(49-23-10-3-11-24-49)44-62(61)81(63)59-30-18-29-55(43-59)48-21-8-2-9-22-48/h1-46H/q+1. The van der Waals surface area contributed by atoms with Gasteiger partial charge in [-0.1, -0.05) is 212 Å². The highest BCUT2D eigenvalue weighted by atomic mass is 16.3. The highest BCUT2D eigenvalue weighted by Crippen LogP contribution is 2.49. The highest BCUT2D eigenvalue weighted by Gasteiger charge is 2.48. The summed E-state index contributed by atoms with van der Waals surface area (Å²) in [6.45, 7) is -0.274. The molecule has 0 aliphatic carbocycles. The Hall–Kier alpha value is -11.6. The van der Waals surface area contributed by atoms with Crippen LogP contribution in [-0.2, 0) is 0 Å². The first kappa shape index (κ1) is 48.1. The molecule has 0 saturated heterocycles. The summed E-state index contributed by atoms with van der Waals surface area (Å²) in [7, 11) is 0. The molecule has 11 aromatic carbocycles. The van der Waals surface area contributed by atoms with Crippen LogP contribution in [0.2, 0.25) is 0 Å². The molecule has 5 aliphatic rings. The molecular weight excluding hydrogens is 1040 g/mol. The van der Waals surface area contributed by atoms with E-state index in [0.29, 0.717) is 29.4 Å². The van der Waals surface area contributed by atoms with Gasteiger partial charge in [-0.15, -0.1) is 0 Å². The van der Waals surface area contributed by atoms with Gasteiger partial charge in [-0.05, 0) is 122 Å². The van der Waals surface area contributed by atoms with Crippen LogP contribution in [0.25, 0.3) is 55.5 Å². The van der Waals surface area contributed by atoms with Crippen LogP contribution in [0, 0.1) is 0 Å². The van der Waals surface area contributed by atoms with Crippen molar-refractivity contribution in [2.75, 3.05) is 9.80 Å². The van der Waals surface area contributed by atoms with E-state index in [0.717, 1.165) is 117 Å². The summed E-state index contributed by atoms with van der Waals surface area (Å²) in [6, 6.07) is 98.1. The van der Waals surface area contributed by atoms with Gasteiger partial charge in [0, 0.05) is 55.5 Å². The van der Waals surface area contributed by atoms with Gasteiger partial charge in [0.1, 0.15) is 5.58 Å². The molecule has 12 aromatic rings. The largest absolute Gasteiger partial charge is 0.468 e. The predicted octanol–water partition coefficient (Wildman–Crippen LogP) is 15.2. The molecule has 6 heterocycles. The number of fused-ring (bicyclic) bond motifs is 6. The van der Waals surface area contributed by atoms with E-state index in [1.54, 1.807) is 5.01 Å². The van der Waals surface area contributed by atoms with Gasteiger partial charge in [0.25, 0.3) is 6.71 Å². The Bertz CT molecular complexity index is 4830. The second kappa shape index (κ2) is 19.5. The third kappa shape index (κ3) is 8.10. The van der Waals surface area contributed by atoms with Crippen molar-refractivity contribution in [3.63, 3.8) is 0 Å². The topological polar surface area (TPSA) is 100 Å². The van der Waals surface area contributed by atoms with Gasteiger partial charge in [0.05, 0.1) is 21.6 Å². The van der Waals surface area contributed by atoms with Gasteiger partial charge in [-0.25, -0.2) is 0 Å². The fourth-order valence-corrected chi connectivity index (χ4v) is 12.4. The second-order valence-electron chi connectivity index (χ2n) is 21.4. The molecule has 0 N–H and O–H groups in total. The molecule has 0 atom stereocenters. The van der Waals surface area contributed by atoms with Gasteiger partial charge < -0.3 is 14.2 Å². The molecule has 1 aromatic heterocycles. The van der Waals surface area contributed by atoms with Crippen LogP contribution in [0.15, 0.2) is 314 Å². The van der Waals surface area contributed by atoms with Crippen molar-refractivity contribution in [3.8, 4) is 44.5 Å². The average Bonchev–Trinajstić information content (AvgIpc) is 2.07. The first-order chi connectivity index (χ1) is 42.1. The molecule has 396 valence electrons. The van der Waals surface area contributed by atoms with Crippen molar-refractivity contribution in [2.24, 2.45) is 30.2 Å². The molecule has 5 aliphatic heterocycles. The lowest BCUT2D eigenvalue weighted by Crippen LogP contribution is -2.61. The summed E-state index contributed by atoms with van der Waals surface area (Å²) in [5, 5.41) is 12.6. The molecule has 0 unspecified atom stereocenters. The zero-order valence-corrected chi connectivity index (χ0v) is 45.5. The maximum atomic E-state index is 7.29. The van der Waals surface area contributed by atoms with Gasteiger partial charge in [0.15, 0.2) is 10.8 Å². The molecule has 0 spiro atoms. The van der Waals surface area contributed by atoms with Crippen molar-refractivity contribution in [2.45, 2.75) is 0 Å². The number of benzene rings is 11. The van der Waals surface area contributed by atoms with Crippen molar-refractivity contribution in [1.29, 1.82) is 0 Å². The number of anilines is 6. The summed E-state index contributed by atoms with van der Waals surface area (Å²) in [5.74, 6) is 2.11. The van der Waals surface area contributed by atoms with Crippen LogP contribution in [0.3, 0.4) is 0 Å². The van der Waals surface area contributed by atoms with E-state index in [-0.39, 0.29) is 6.71 Å². The van der Waals surface area contributed by atoms with E-state index in [1.165, 1.54) is 10.5 Å². The van der Waals surface area contributed by atoms with E-state index in [9.17, 15) is 0 Å². The summed E-state index contributed by atoms with van der Waals surface area (Å²) >= 11 is 0. The normalized spacial score (nSPS) is 14.4. The maximum absolute atomic E-state index is 7.29. The van der Waals surface area contributed by atoms with Crippen LogP contribution in [0.4, 0.5) is 34.1 Å². The zero-order valence-electron chi connectivity index (χ0n) is 45.5. The van der Waals surface area contributed by atoms with Crippen LogP contribution in [-0.4, -0.2) is 46.1 Å². The van der Waals surface area contributed by atoms with Gasteiger partial charge in [0.2, 0.25) is 11.7 Å². The average molecular weight is 1090 g/mol. The third-order valence-corrected chi connectivity index (χ3v) is 16.4. The second-order valence-corrected chi connectivity index (χ2v) is 21.4. The molecule has 0 radical (unpaired) electrons. The minimum Gasteiger partial charge on any atom is -0.468 e. The molecule has 17 rings (SSSR count). The molecule has 11 nitrogen and oxygen atoms in total.